The maximum absolute atomic E-state index is 6.17. The lowest BCUT2D eigenvalue weighted by atomic mass is 9.75. The van der Waals surface area contributed by atoms with Crippen LogP contribution in [0.3, 0.4) is 0 Å². The number of guanidine groups is 1. The van der Waals surface area contributed by atoms with E-state index in [1.807, 2.05) is 7.11 Å². The molecule has 0 bridgehead atoms. The molecule has 116 valence electrons. The van der Waals surface area contributed by atoms with Crippen LogP contribution >= 0.6 is 0 Å². The van der Waals surface area contributed by atoms with Crippen LogP contribution in [0.1, 0.15) is 52.4 Å². The van der Waals surface area contributed by atoms with Crippen molar-refractivity contribution in [2.24, 2.45) is 22.1 Å². The number of hydrogen-bond acceptors (Lipinski definition) is 2. The summed E-state index contributed by atoms with van der Waals surface area (Å²) in [7, 11) is 1.82. The molecule has 0 amide bonds. The molecule has 0 spiro atoms. The summed E-state index contributed by atoms with van der Waals surface area (Å²) >= 11 is 0. The lowest BCUT2D eigenvalue weighted by Gasteiger charge is -2.36. The van der Waals surface area contributed by atoms with Crippen LogP contribution in [0.4, 0.5) is 0 Å². The minimum atomic E-state index is 0.308. The summed E-state index contributed by atoms with van der Waals surface area (Å²) in [5.41, 5.74) is 6.48. The van der Waals surface area contributed by atoms with Gasteiger partial charge in [0.05, 0.1) is 6.10 Å². The normalized spacial score (nSPS) is 33.5. The molecular weight excluding hydrogens is 250 g/mol. The molecule has 0 atom stereocenters. The lowest BCUT2D eigenvalue weighted by molar-refractivity contribution is 0.0352. The van der Waals surface area contributed by atoms with Crippen molar-refractivity contribution < 1.29 is 4.74 Å². The molecule has 2 fully saturated rings. The van der Waals surface area contributed by atoms with E-state index in [0.29, 0.717) is 11.5 Å². The first-order valence-corrected chi connectivity index (χ1v) is 8.10. The van der Waals surface area contributed by atoms with Gasteiger partial charge in [0.15, 0.2) is 5.96 Å². The van der Waals surface area contributed by atoms with E-state index >= 15 is 0 Å². The third-order valence-electron chi connectivity index (χ3n) is 5.20. The van der Waals surface area contributed by atoms with Crippen LogP contribution in [0.5, 0.6) is 0 Å². The van der Waals surface area contributed by atoms with E-state index in [1.165, 1.54) is 25.7 Å². The van der Waals surface area contributed by atoms with Crippen LogP contribution in [-0.2, 0) is 4.74 Å². The maximum atomic E-state index is 6.17. The summed E-state index contributed by atoms with van der Waals surface area (Å²) in [5, 5.41) is 0. The molecule has 1 aliphatic heterocycles. The smallest absolute Gasteiger partial charge is 0.191 e. The molecule has 20 heavy (non-hydrogen) atoms. The number of piperidine rings is 1. The number of rotatable bonds is 3. The Morgan fingerprint density at radius 2 is 1.85 bits per heavy atom. The van der Waals surface area contributed by atoms with E-state index in [1.54, 1.807) is 0 Å². The van der Waals surface area contributed by atoms with E-state index < -0.39 is 0 Å². The second-order valence-corrected chi connectivity index (χ2v) is 7.09. The molecule has 1 saturated heterocycles. The van der Waals surface area contributed by atoms with Gasteiger partial charge in [0.25, 0.3) is 0 Å². The van der Waals surface area contributed by atoms with E-state index in [9.17, 15) is 0 Å². The first-order chi connectivity index (χ1) is 9.52. The monoisotopic (exact) mass is 281 g/mol. The third kappa shape index (κ3) is 4.11. The first kappa shape index (κ1) is 15.6. The van der Waals surface area contributed by atoms with Crippen LogP contribution in [0.25, 0.3) is 0 Å². The number of nitrogens with zero attached hydrogens (tertiary/aromatic N) is 2. The molecule has 0 aromatic carbocycles. The van der Waals surface area contributed by atoms with Crippen molar-refractivity contribution in [3.05, 3.63) is 0 Å². The van der Waals surface area contributed by atoms with Crippen LogP contribution in [-0.4, -0.2) is 43.7 Å². The van der Waals surface area contributed by atoms with Crippen molar-refractivity contribution in [1.29, 1.82) is 0 Å². The third-order valence-corrected chi connectivity index (χ3v) is 5.20. The van der Waals surface area contributed by atoms with Crippen molar-refractivity contribution in [3.8, 4) is 0 Å². The fourth-order valence-corrected chi connectivity index (χ4v) is 3.29. The van der Waals surface area contributed by atoms with Crippen LogP contribution in [0.2, 0.25) is 0 Å². The van der Waals surface area contributed by atoms with Gasteiger partial charge in [0.2, 0.25) is 0 Å². The van der Waals surface area contributed by atoms with E-state index in [-0.39, 0.29) is 0 Å². The van der Waals surface area contributed by atoms with Gasteiger partial charge < -0.3 is 15.4 Å². The molecule has 1 saturated carbocycles. The highest BCUT2D eigenvalue weighted by Crippen LogP contribution is 2.37. The van der Waals surface area contributed by atoms with Crippen LogP contribution < -0.4 is 5.73 Å². The van der Waals surface area contributed by atoms with Gasteiger partial charge in [-0.1, -0.05) is 13.8 Å². The predicted molar refractivity (Wildman–Crippen MR) is 83.8 cm³/mol. The summed E-state index contributed by atoms with van der Waals surface area (Å²) in [6.07, 6.45) is 7.63. The van der Waals surface area contributed by atoms with Crippen LogP contribution in [0.15, 0.2) is 4.99 Å². The fourth-order valence-electron chi connectivity index (χ4n) is 3.29. The molecule has 2 rings (SSSR count). The van der Waals surface area contributed by atoms with Crippen molar-refractivity contribution in [1.82, 2.24) is 4.90 Å². The number of aliphatic imine (C=N–C) groups is 1. The van der Waals surface area contributed by atoms with E-state index in [4.69, 9.17) is 15.5 Å². The highest BCUT2D eigenvalue weighted by atomic mass is 16.5. The van der Waals surface area contributed by atoms with Gasteiger partial charge in [-0.2, -0.15) is 0 Å². The maximum Gasteiger partial charge on any atom is 0.191 e. The summed E-state index contributed by atoms with van der Waals surface area (Å²) < 4.78 is 5.45. The Morgan fingerprint density at radius 1 is 1.25 bits per heavy atom. The Morgan fingerprint density at radius 3 is 2.40 bits per heavy atom. The summed E-state index contributed by atoms with van der Waals surface area (Å²) in [4.78, 5) is 6.95. The average Bonchev–Trinajstić information content (AvgIpc) is 2.46. The SMILES string of the molecule is COC1CCC(C)(CN=C(N)N2CCC(C)CC2)CC1. The summed E-state index contributed by atoms with van der Waals surface area (Å²) in [5.74, 6) is 1.59. The van der Waals surface area contributed by atoms with Gasteiger partial charge in [-0.25, -0.2) is 0 Å². The summed E-state index contributed by atoms with van der Waals surface area (Å²) in [6.45, 7) is 7.66. The number of hydrogen-bond donors (Lipinski definition) is 1. The van der Waals surface area contributed by atoms with Crippen molar-refractivity contribution in [3.63, 3.8) is 0 Å². The van der Waals surface area contributed by atoms with Gasteiger partial charge in [-0.15, -0.1) is 0 Å². The largest absolute Gasteiger partial charge is 0.381 e. The molecular formula is C16H31N3O. The van der Waals surface area contributed by atoms with Gasteiger partial charge in [0.1, 0.15) is 0 Å². The molecule has 0 aromatic heterocycles. The van der Waals surface area contributed by atoms with Gasteiger partial charge in [0, 0.05) is 26.7 Å². The van der Waals surface area contributed by atoms with Crippen LogP contribution in [0, 0.1) is 11.3 Å². The second kappa shape index (κ2) is 6.79. The van der Waals surface area contributed by atoms with E-state index in [2.05, 4.69) is 18.7 Å². The van der Waals surface area contributed by atoms with E-state index in [0.717, 1.165) is 44.4 Å². The fraction of sp³-hybridized carbons (Fsp3) is 0.938. The Balaban J connectivity index is 1.82. The lowest BCUT2D eigenvalue weighted by Crippen LogP contribution is -2.43. The predicted octanol–water partition coefficient (Wildman–Crippen LogP) is 2.63. The molecule has 1 aliphatic carbocycles. The minimum absolute atomic E-state index is 0.308. The number of ether oxygens (including phenoxy) is 1. The number of nitrogens with two attached hydrogens (primary N) is 1. The Kier molecular flexibility index (Phi) is 5.30. The molecule has 2 N–H and O–H groups in total. The standard InChI is InChI=1S/C16H31N3O/c1-13-6-10-19(11-7-13)15(17)18-12-16(2)8-4-14(20-3)5-9-16/h13-14H,4-12H2,1-3H3,(H2,17,18). The van der Waals surface area contributed by atoms with Gasteiger partial charge in [-0.3, -0.25) is 4.99 Å². The molecule has 0 unspecified atom stereocenters. The van der Waals surface area contributed by atoms with Gasteiger partial charge >= 0.3 is 0 Å². The van der Waals surface area contributed by atoms with Crippen molar-refractivity contribution >= 4 is 5.96 Å². The first-order valence-electron chi connectivity index (χ1n) is 8.10. The Bertz CT molecular complexity index is 327. The average molecular weight is 281 g/mol. The topological polar surface area (TPSA) is 50.9 Å². The second-order valence-electron chi connectivity index (χ2n) is 7.09. The Labute approximate surface area is 123 Å². The molecule has 1 heterocycles. The highest BCUT2D eigenvalue weighted by Gasteiger charge is 2.31. The van der Waals surface area contributed by atoms with Gasteiger partial charge in [-0.05, 0) is 49.9 Å². The molecule has 4 nitrogen and oxygen atoms in total. The molecule has 2 aliphatic rings. The zero-order valence-corrected chi connectivity index (χ0v) is 13.4. The van der Waals surface area contributed by atoms with Crippen molar-refractivity contribution in [2.75, 3.05) is 26.7 Å². The molecule has 4 heteroatoms. The Hall–Kier alpha value is -0.770. The number of likely N-dealkylation sites (tertiary alicyclic amines) is 1. The zero-order chi connectivity index (χ0) is 14.6. The zero-order valence-electron chi connectivity index (χ0n) is 13.4. The highest BCUT2D eigenvalue weighted by molar-refractivity contribution is 5.78. The quantitative estimate of drug-likeness (QED) is 0.639. The summed E-state index contributed by atoms with van der Waals surface area (Å²) in [6, 6.07) is 0. The molecule has 0 aromatic rings. The molecule has 0 radical (unpaired) electrons. The minimum Gasteiger partial charge on any atom is -0.381 e. The number of methoxy groups -OCH3 is 1. The van der Waals surface area contributed by atoms with Crippen molar-refractivity contribution in [2.45, 2.75) is 58.5 Å².